The van der Waals surface area contributed by atoms with Crippen LogP contribution in [0.25, 0.3) is 5.70 Å². The van der Waals surface area contributed by atoms with Gasteiger partial charge in [0.15, 0.2) is 5.17 Å². The molecule has 0 saturated carbocycles. The lowest BCUT2D eigenvalue weighted by molar-refractivity contribution is 0.122. The molecule has 4 rings (SSSR count). The van der Waals surface area contributed by atoms with Crippen molar-refractivity contribution >= 4 is 39.9 Å². The number of nitrogens with two attached hydrogens (primary N) is 1. The maximum absolute atomic E-state index is 6.09. The third kappa shape index (κ3) is 3.90. The Labute approximate surface area is 162 Å². The second kappa shape index (κ2) is 7.74. The minimum Gasteiger partial charge on any atom is -0.378 e. The number of anilines is 1. The van der Waals surface area contributed by atoms with Gasteiger partial charge in [0.2, 0.25) is 0 Å². The fraction of sp³-hybridized carbons (Fsp3) is 0.250. The number of nitrogens with zero attached hydrogens (tertiary/aromatic N) is 2. The highest BCUT2D eigenvalue weighted by molar-refractivity contribution is 8.14. The highest BCUT2D eigenvalue weighted by atomic mass is 35.5. The third-order valence-corrected chi connectivity index (χ3v) is 5.77. The lowest BCUT2D eigenvalue weighted by Gasteiger charge is -2.29. The number of thioether (sulfide) groups is 1. The summed E-state index contributed by atoms with van der Waals surface area (Å²) in [6, 6.07) is 16.4. The van der Waals surface area contributed by atoms with Gasteiger partial charge in [0.1, 0.15) is 0 Å². The van der Waals surface area contributed by atoms with Crippen LogP contribution in [0.2, 0.25) is 5.02 Å². The quantitative estimate of drug-likeness (QED) is 0.854. The first-order valence-corrected chi connectivity index (χ1v) is 9.86. The van der Waals surface area contributed by atoms with Gasteiger partial charge in [0, 0.05) is 29.4 Å². The van der Waals surface area contributed by atoms with Gasteiger partial charge in [-0.1, -0.05) is 47.6 Å². The summed E-state index contributed by atoms with van der Waals surface area (Å²) < 4.78 is 5.42. The van der Waals surface area contributed by atoms with Gasteiger partial charge in [-0.15, -0.1) is 0 Å². The zero-order chi connectivity index (χ0) is 17.9. The Morgan fingerprint density at radius 2 is 1.73 bits per heavy atom. The van der Waals surface area contributed by atoms with Crippen molar-refractivity contribution < 1.29 is 4.74 Å². The fourth-order valence-electron chi connectivity index (χ4n) is 3.13. The van der Waals surface area contributed by atoms with Crippen molar-refractivity contribution in [3.8, 4) is 0 Å². The summed E-state index contributed by atoms with van der Waals surface area (Å²) >= 11 is 7.56. The predicted molar refractivity (Wildman–Crippen MR) is 111 cm³/mol. The second-order valence-corrected chi connectivity index (χ2v) is 7.84. The van der Waals surface area contributed by atoms with Gasteiger partial charge in [0.25, 0.3) is 0 Å². The van der Waals surface area contributed by atoms with E-state index >= 15 is 0 Å². The topological polar surface area (TPSA) is 50.8 Å². The SMILES string of the molecule is NC1=NC(c2ccc(N3CCOCC3)cc2)=CC(c2ccc(Cl)cc2)S1. The molecule has 6 heteroatoms. The number of benzene rings is 2. The summed E-state index contributed by atoms with van der Waals surface area (Å²) in [5.74, 6) is 0. The van der Waals surface area contributed by atoms with Crippen molar-refractivity contribution in [2.24, 2.45) is 10.7 Å². The van der Waals surface area contributed by atoms with E-state index in [0.717, 1.165) is 42.6 Å². The molecule has 0 aliphatic carbocycles. The summed E-state index contributed by atoms with van der Waals surface area (Å²) in [6.07, 6.45) is 2.16. The van der Waals surface area contributed by atoms with Gasteiger partial charge in [-0.05, 0) is 35.9 Å². The third-order valence-electron chi connectivity index (χ3n) is 4.53. The lowest BCUT2D eigenvalue weighted by Crippen LogP contribution is -2.36. The number of rotatable bonds is 3. The van der Waals surface area contributed by atoms with E-state index in [1.807, 2.05) is 24.3 Å². The van der Waals surface area contributed by atoms with Crippen molar-refractivity contribution in [2.75, 3.05) is 31.2 Å². The number of amidine groups is 1. The van der Waals surface area contributed by atoms with E-state index in [9.17, 15) is 0 Å². The molecule has 1 atom stereocenters. The van der Waals surface area contributed by atoms with E-state index in [4.69, 9.17) is 22.1 Å². The van der Waals surface area contributed by atoms with E-state index in [-0.39, 0.29) is 5.25 Å². The Morgan fingerprint density at radius 3 is 2.42 bits per heavy atom. The Balaban J connectivity index is 1.57. The number of hydrogen-bond donors (Lipinski definition) is 1. The molecule has 2 aliphatic heterocycles. The smallest absolute Gasteiger partial charge is 0.160 e. The molecule has 1 fully saturated rings. The molecular weight excluding hydrogens is 366 g/mol. The minimum absolute atomic E-state index is 0.138. The molecule has 0 bridgehead atoms. The number of halogens is 1. The van der Waals surface area contributed by atoms with Crippen LogP contribution in [-0.4, -0.2) is 31.5 Å². The first-order chi connectivity index (χ1) is 12.7. The van der Waals surface area contributed by atoms with Crippen molar-refractivity contribution in [1.82, 2.24) is 0 Å². The maximum Gasteiger partial charge on any atom is 0.160 e. The number of hydrogen-bond acceptors (Lipinski definition) is 5. The highest BCUT2D eigenvalue weighted by Crippen LogP contribution is 2.38. The lowest BCUT2D eigenvalue weighted by atomic mass is 10.1. The molecule has 0 aromatic heterocycles. The Hall–Kier alpha value is -1.95. The Morgan fingerprint density at radius 1 is 1.04 bits per heavy atom. The van der Waals surface area contributed by atoms with Crippen molar-refractivity contribution in [2.45, 2.75) is 5.25 Å². The van der Waals surface area contributed by atoms with Gasteiger partial charge in [-0.2, -0.15) is 0 Å². The summed E-state index contributed by atoms with van der Waals surface area (Å²) in [7, 11) is 0. The molecule has 2 aromatic rings. The van der Waals surface area contributed by atoms with Crippen LogP contribution in [0, 0.1) is 0 Å². The summed E-state index contributed by atoms with van der Waals surface area (Å²) in [6.45, 7) is 3.44. The normalized spacial score (nSPS) is 20.5. The van der Waals surface area contributed by atoms with Crippen LogP contribution in [0.15, 0.2) is 59.6 Å². The van der Waals surface area contributed by atoms with E-state index in [0.29, 0.717) is 5.17 Å². The van der Waals surface area contributed by atoms with Crippen LogP contribution in [-0.2, 0) is 4.74 Å². The predicted octanol–water partition coefficient (Wildman–Crippen LogP) is 4.32. The minimum atomic E-state index is 0.138. The van der Waals surface area contributed by atoms with Crippen LogP contribution >= 0.6 is 23.4 Å². The van der Waals surface area contributed by atoms with Crippen LogP contribution in [0.3, 0.4) is 0 Å². The van der Waals surface area contributed by atoms with Gasteiger partial charge < -0.3 is 15.4 Å². The molecule has 1 unspecified atom stereocenters. The van der Waals surface area contributed by atoms with Crippen LogP contribution in [0.5, 0.6) is 0 Å². The van der Waals surface area contributed by atoms with Crippen molar-refractivity contribution in [3.05, 3.63) is 70.8 Å². The molecule has 2 heterocycles. The van der Waals surface area contributed by atoms with Crippen LogP contribution < -0.4 is 10.6 Å². The molecule has 0 radical (unpaired) electrons. The molecule has 2 aromatic carbocycles. The molecule has 26 heavy (non-hydrogen) atoms. The Kier molecular flexibility index (Phi) is 5.20. The van der Waals surface area contributed by atoms with E-state index in [2.05, 4.69) is 40.2 Å². The second-order valence-electron chi connectivity index (χ2n) is 6.24. The maximum atomic E-state index is 6.09. The van der Waals surface area contributed by atoms with Crippen LogP contribution in [0.1, 0.15) is 16.4 Å². The van der Waals surface area contributed by atoms with Gasteiger partial charge in [-0.25, -0.2) is 4.99 Å². The van der Waals surface area contributed by atoms with Gasteiger partial charge in [0.05, 0.1) is 24.2 Å². The van der Waals surface area contributed by atoms with Gasteiger partial charge in [-0.3, -0.25) is 0 Å². The average molecular weight is 386 g/mol. The number of aliphatic imine (C=N–C) groups is 1. The molecular formula is C20H20ClN3OS. The summed E-state index contributed by atoms with van der Waals surface area (Å²) in [4.78, 5) is 6.89. The first-order valence-electron chi connectivity index (χ1n) is 8.60. The van der Waals surface area contributed by atoms with Crippen molar-refractivity contribution in [1.29, 1.82) is 0 Å². The standard InChI is InChI=1S/C20H20ClN3OS/c21-16-5-1-15(2-6-16)19-13-18(23-20(22)26-19)14-3-7-17(8-4-14)24-9-11-25-12-10-24/h1-8,13,19H,9-12H2,(H2,22,23). The fourth-order valence-corrected chi connectivity index (χ4v) is 4.16. The molecule has 2 N–H and O–H groups in total. The van der Waals surface area contributed by atoms with Crippen molar-refractivity contribution in [3.63, 3.8) is 0 Å². The first kappa shape index (κ1) is 17.5. The molecule has 4 nitrogen and oxygen atoms in total. The number of morpholine rings is 1. The monoisotopic (exact) mass is 385 g/mol. The highest BCUT2D eigenvalue weighted by Gasteiger charge is 2.19. The molecule has 0 spiro atoms. The van der Waals surface area contributed by atoms with E-state index in [1.54, 1.807) is 11.8 Å². The zero-order valence-electron chi connectivity index (χ0n) is 14.3. The summed E-state index contributed by atoms with van der Waals surface area (Å²) in [5, 5.41) is 1.46. The molecule has 134 valence electrons. The zero-order valence-corrected chi connectivity index (χ0v) is 15.8. The Bertz CT molecular complexity index is 827. The van der Waals surface area contributed by atoms with E-state index < -0.39 is 0 Å². The molecule has 1 saturated heterocycles. The largest absolute Gasteiger partial charge is 0.378 e. The number of ether oxygens (including phenoxy) is 1. The molecule has 0 amide bonds. The van der Waals surface area contributed by atoms with Gasteiger partial charge >= 0.3 is 0 Å². The van der Waals surface area contributed by atoms with E-state index in [1.165, 1.54) is 11.3 Å². The average Bonchev–Trinajstić information content (AvgIpc) is 2.69. The van der Waals surface area contributed by atoms with Crippen LogP contribution in [0.4, 0.5) is 5.69 Å². The molecule has 2 aliphatic rings. The summed E-state index contributed by atoms with van der Waals surface area (Å²) in [5.41, 5.74) is 10.5.